The molecule has 0 N–H and O–H groups in total. The SMILES string of the molecule is Cc1ccc(S(=O)(=O)N2CCC(C(=O)N(C)Cc3ccc(N4CCCCC4)cc3)CC2)cc1. The average molecular weight is 470 g/mol. The summed E-state index contributed by atoms with van der Waals surface area (Å²) in [7, 11) is -1.66. The zero-order valence-electron chi connectivity index (χ0n) is 19.7. The lowest BCUT2D eigenvalue weighted by atomic mass is 9.96. The molecule has 4 rings (SSSR count). The molecule has 0 aromatic heterocycles. The largest absolute Gasteiger partial charge is 0.372 e. The van der Waals surface area contributed by atoms with Crippen LogP contribution in [0, 0.1) is 12.8 Å². The van der Waals surface area contributed by atoms with Crippen molar-refractivity contribution >= 4 is 21.6 Å². The average Bonchev–Trinajstić information content (AvgIpc) is 2.85. The van der Waals surface area contributed by atoms with Crippen molar-refractivity contribution in [3.8, 4) is 0 Å². The zero-order valence-corrected chi connectivity index (χ0v) is 20.6. The van der Waals surface area contributed by atoms with Gasteiger partial charge in [-0.1, -0.05) is 29.8 Å². The highest BCUT2D eigenvalue weighted by molar-refractivity contribution is 7.89. The fraction of sp³-hybridized carbons (Fsp3) is 0.500. The number of aryl methyl sites for hydroxylation is 1. The molecular weight excluding hydrogens is 434 g/mol. The van der Waals surface area contributed by atoms with Gasteiger partial charge in [-0.2, -0.15) is 4.31 Å². The van der Waals surface area contributed by atoms with Crippen molar-refractivity contribution in [1.29, 1.82) is 0 Å². The Morgan fingerprint density at radius 2 is 1.52 bits per heavy atom. The van der Waals surface area contributed by atoms with E-state index in [1.54, 1.807) is 17.0 Å². The van der Waals surface area contributed by atoms with Gasteiger partial charge in [0.2, 0.25) is 15.9 Å². The van der Waals surface area contributed by atoms with Crippen molar-refractivity contribution in [2.45, 2.75) is 50.5 Å². The molecule has 0 bridgehead atoms. The normalized spacial score (nSPS) is 18.3. The van der Waals surface area contributed by atoms with E-state index in [-0.39, 0.29) is 11.8 Å². The van der Waals surface area contributed by atoms with E-state index in [0.29, 0.717) is 37.4 Å². The fourth-order valence-corrected chi connectivity index (χ4v) is 6.30. The van der Waals surface area contributed by atoms with E-state index >= 15 is 0 Å². The Labute approximate surface area is 198 Å². The number of rotatable bonds is 6. The maximum atomic E-state index is 13.0. The van der Waals surface area contributed by atoms with Crippen LogP contribution in [0.2, 0.25) is 0 Å². The second kappa shape index (κ2) is 10.3. The predicted molar refractivity (Wildman–Crippen MR) is 132 cm³/mol. The van der Waals surface area contributed by atoms with Crippen molar-refractivity contribution in [3.05, 3.63) is 59.7 Å². The fourth-order valence-electron chi connectivity index (χ4n) is 4.83. The molecule has 2 aliphatic rings. The molecule has 2 heterocycles. The summed E-state index contributed by atoms with van der Waals surface area (Å²) in [4.78, 5) is 17.6. The van der Waals surface area contributed by atoms with E-state index in [4.69, 9.17) is 0 Å². The second-order valence-corrected chi connectivity index (χ2v) is 11.3. The van der Waals surface area contributed by atoms with Gasteiger partial charge < -0.3 is 9.80 Å². The zero-order chi connectivity index (χ0) is 23.4. The molecule has 1 amide bonds. The van der Waals surface area contributed by atoms with Gasteiger partial charge in [-0.15, -0.1) is 0 Å². The third-order valence-electron chi connectivity index (χ3n) is 6.92. The maximum absolute atomic E-state index is 13.0. The van der Waals surface area contributed by atoms with E-state index < -0.39 is 10.0 Å². The van der Waals surface area contributed by atoms with Gasteiger partial charge in [-0.3, -0.25) is 4.79 Å². The number of piperidine rings is 2. The van der Waals surface area contributed by atoms with Crippen molar-refractivity contribution < 1.29 is 13.2 Å². The van der Waals surface area contributed by atoms with Crippen molar-refractivity contribution in [2.24, 2.45) is 5.92 Å². The van der Waals surface area contributed by atoms with Crippen LogP contribution in [-0.4, -0.2) is 56.8 Å². The Kier molecular flexibility index (Phi) is 7.39. The monoisotopic (exact) mass is 469 g/mol. The van der Waals surface area contributed by atoms with Crippen molar-refractivity contribution in [2.75, 3.05) is 38.1 Å². The van der Waals surface area contributed by atoms with Gasteiger partial charge >= 0.3 is 0 Å². The van der Waals surface area contributed by atoms with E-state index in [9.17, 15) is 13.2 Å². The minimum atomic E-state index is -3.51. The first-order valence-electron chi connectivity index (χ1n) is 12.0. The highest BCUT2D eigenvalue weighted by Gasteiger charge is 2.33. The molecule has 0 radical (unpaired) electrons. The first-order chi connectivity index (χ1) is 15.8. The standard InChI is InChI=1S/C26H35N3O3S/c1-21-6-12-25(13-7-21)33(31,32)29-18-14-23(15-19-29)26(30)27(2)20-22-8-10-24(11-9-22)28-16-4-3-5-17-28/h6-13,23H,3-5,14-20H2,1-2H3. The summed E-state index contributed by atoms with van der Waals surface area (Å²) in [5, 5.41) is 0. The Hall–Kier alpha value is -2.38. The van der Waals surface area contributed by atoms with Crippen LogP contribution >= 0.6 is 0 Å². The summed E-state index contributed by atoms with van der Waals surface area (Å²) >= 11 is 0. The Balaban J connectivity index is 1.30. The van der Waals surface area contributed by atoms with Crippen LogP contribution in [0.3, 0.4) is 0 Å². The lowest BCUT2D eigenvalue weighted by Crippen LogP contribution is -2.43. The Morgan fingerprint density at radius 3 is 2.12 bits per heavy atom. The second-order valence-electron chi connectivity index (χ2n) is 9.40. The number of carbonyl (C=O) groups excluding carboxylic acids is 1. The molecule has 0 unspecified atom stereocenters. The van der Waals surface area contributed by atoms with Gasteiger partial charge in [-0.05, 0) is 68.9 Å². The molecule has 2 aromatic carbocycles. The molecule has 2 saturated heterocycles. The van der Waals surface area contributed by atoms with Crippen molar-refractivity contribution in [1.82, 2.24) is 9.21 Å². The van der Waals surface area contributed by atoms with Crippen LogP contribution in [0.25, 0.3) is 0 Å². The first kappa shape index (κ1) is 23.8. The summed E-state index contributed by atoms with van der Waals surface area (Å²) in [5.74, 6) is -0.0328. The summed E-state index contributed by atoms with van der Waals surface area (Å²) in [6.07, 6.45) is 4.94. The number of carbonyl (C=O) groups is 1. The lowest BCUT2D eigenvalue weighted by Gasteiger charge is -2.32. The van der Waals surface area contributed by atoms with E-state index in [1.807, 2.05) is 26.1 Å². The maximum Gasteiger partial charge on any atom is 0.243 e. The lowest BCUT2D eigenvalue weighted by molar-refractivity contribution is -0.135. The topological polar surface area (TPSA) is 60.9 Å². The molecule has 0 spiro atoms. The van der Waals surface area contributed by atoms with Crippen LogP contribution in [-0.2, 0) is 21.4 Å². The minimum absolute atomic E-state index is 0.0995. The van der Waals surface area contributed by atoms with Crippen LogP contribution in [0.15, 0.2) is 53.4 Å². The first-order valence-corrected chi connectivity index (χ1v) is 13.4. The van der Waals surface area contributed by atoms with Gasteiger partial charge in [0.25, 0.3) is 0 Å². The van der Waals surface area contributed by atoms with Crippen LogP contribution < -0.4 is 4.90 Å². The molecule has 6 nitrogen and oxygen atoms in total. The van der Waals surface area contributed by atoms with Crippen molar-refractivity contribution in [3.63, 3.8) is 0 Å². The number of amides is 1. The molecule has 2 fully saturated rings. The van der Waals surface area contributed by atoms with Gasteiger partial charge in [0.05, 0.1) is 4.90 Å². The molecule has 2 aliphatic heterocycles. The van der Waals surface area contributed by atoms with E-state index in [0.717, 1.165) is 24.2 Å². The number of sulfonamides is 1. The Bertz CT molecular complexity index is 1040. The summed E-state index contributed by atoms with van der Waals surface area (Å²) in [6, 6.07) is 15.5. The predicted octanol–water partition coefficient (Wildman–Crippen LogP) is 4.04. The van der Waals surface area contributed by atoms with Gasteiger partial charge in [-0.25, -0.2) is 8.42 Å². The third-order valence-corrected chi connectivity index (χ3v) is 8.83. The number of anilines is 1. The third kappa shape index (κ3) is 5.58. The summed E-state index contributed by atoms with van der Waals surface area (Å²) < 4.78 is 27.4. The van der Waals surface area contributed by atoms with Crippen LogP contribution in [0.5, 0.6) is 0 Å². The molecule has 33 heavy (non-hydrogen) atoms. The molecule has 0 saturated carbocycles. The summed E-state index contributed by atoms with van der Waals surface area (Å²) in [5.41, 5.74) is 3.41. The quantitative estimate of drug-likeness (QED) is 0.641. The minimum Gasteiger partial charge on any atom is -0.372 e. The smallest absolute Gasteiger partial charge is 0.243 e. The van der Waals surface area contributed by atoms with Gasteiger partial charge in [0.1, 0.15) is 0 Å². The number of nitrogens with zero attached hydrogens (tertiary/aromatic N) is 3. The molecular formula is C26H35N3O3S. The van der Waals surface area contributed by atoms with Gasteiger partial charge in [0.15, 0.2) is 0 Å². The number of hydrogen-bond acceptors (Lipinski definition) is 4. The van der Waals surface area contributed by atoms with Crippen LogP contribution in [0.1, 0.15) is 43.2 Å². The molecule has 0 atom stereocenters. The van der Waals surface area contributed by atoms with Crippen LogP contribution in [0.4, 0.5) is 5.69 Å². The molecule has 7 heteroatoms. The van der Waals surface area contributed by atoms with Gasteiger partial charge in [0, 0.05) is 51.4 Å². The highest BCUT2D eigenvalue weighted by atomic mass is 32.2. The molecule has 0 aliphatic carbocycles. The van der Waals surface area contributed by atoms with E-state index in [1.165, 1.54) is 29.3 Å². The van der Waals surface area contributed by atoms with E-state index in [2.05, 4.69) is 29.2 Å². The number of benzene rings is 2. The summed E-state index contributed by atoms with van der Waals surface area (Å²) in [6.45, 7) is 5.51. The number of hydrogen-bond donors (Lipinski definition) is 0. The molecule has 178 valence electrons. The molecule has 2 aromatic rings. The highest BCUT2D eigenvalue weighted by Crippen LogP contribution is 2.26. The Morgan fingerprint density at radius 1 is 0.909 bits per heavy atom.